The average molecular weight is 360 g/mol. The largest absolute Gasteiger partial charge is 0.379 e. The van der Waals surface area contributed by atoms with Gasteiger partial charge in [0, 0.05) is 32.2 Å². The van der Waals surface area contributed by atoms with Gasteiger partial charge < -0.3 is 10.1 Å². The molecule has 1 aromatic carbocycles. The highest BCUT2D eigenvalue weighted by atomic mass is 19.2. The highest BCUT2D eigenvalue weighted by molar-refractivity contribution is 5.87. The first-order valence-corrected chi connectivity index (χ1v) is 8.40. The van der Waals surface area contributed by atoms with Crippen molar-refractivity contribution in [2.75, 3.05) is 44.7 Å². The zero-order valence-corrected chi connectivity index (χ0v) is 14.0. The van der Waals surface area contributed by atoms with E-state index in [2.05, 4.69) is 25.3 Å². The molecule has 0 aliphatic carbocycles. The molecule has 0 saturated carbocycles. The first-order valence-electron chi connectivity index (χ1n) is 8.40. The second kappa shape index (κ2) is 7.30. The zero-order valence-electron chi connectivity index (χ0n) is 14.0. The maximum Gasteiger partial charge on any atom is 0.168 e. The molecule has 136 valence electrons. The molecule has 0 spiro atoms. The Morgan fingerprint density at radius 3 is 2.77 bits per heavy atom. The third-order valence-corrected chi connectivity index (χ3v) is 4.34. The molecule has 0 unspecified atom stereocenters. The second-order valence-corrected chi connectivity index (χ2v) is 6.00. The van der Waals surface area contributed by atoms with Crippen molar-refractivity contribution in [3.8, 4) is 5.69 Å². The minimum absolute atomic E-state index is 0.400. The van der Waals surface area contributed by atoms with Gasteiger partial charge in [0.15, 0.2) is 17.3 Å². The number of ether oxygens (including phenoxy) is 1. The van der Waals surface area contributed by atoms with Crippen LogP contribution in [0.15, 0.2) is 30.7 Å². The molecule has 0 radical (unpaired) electrons. The van der Waals surface area contributed by atoms with Crippen molar-refractivity contribution in [3.63, 3.8) is 0 Å². The molecule has 1 fully saturated rings. The Labute approximate surface area is 148 Å². The summed E-state index contributed by atoms with van der Waals surface area (Å²) in [5.74, 6) is -1.16. The highest BCUT2D eigenvalue weighted by Crippen LogP contribution is 2.22. The van der Waals surface area contributed by atoms with Crippen LogP contribution in [0.1, 0.15) is 0 Å². The third kappa shape index (κ3) is 3.35. The number of fused-ring (bicyclic) bond motifs is 1. The molecule has 0 amide bonds. The molecule has 4 rings (SSSR count). The van der Waals surface area contributed by atoms with E-state index in [1.165, 1.54) is 17.1 Å². The smallest absolute Gasteiger partial charge is 0.168 e. The Bertz CT molecular complexity index is 909. The molecule has 7 nitrogen and oxygen atoms in total. The van der Waals surface area contributed by atoms with Crippen molar-refractivity contribution in [3.05, 3.63) is 42.4 Å². The number of aromatic nitrogens is 4. The number of hydrogen-bond donors (Lipinski definition) is 1. The lowest BCUT2D eigenvalue weighted by Crippen LogP contribution is -2.39. The van der Waals surface area contributed by atoms with Crippen molar-refractivity contribution in [2.45, 2.75) is 0 Å². The Morgan fingerprint density at radius 1 is 1.12 bits per heavy atom. The topological polar surface area (TPSA) is 68.1 Å². The van der Waals surface area contributed by atoms with Crippen LogP contribution in [0.25, 0.3) is 16.7 Å². The monoisotopic (exact) mass is 360 g/mol. The van der Waals surface area contributed by atoms with Crippen LogP contribution >= 0.6 is 0 Å². The van der Waals surface area contributed by atoms with E-state index < -0.39 is 11.6 Å². The summed E-state index contributed by atoms with van der Waals surface area (Å²) in [5.41, 5.74) is 0.928. The number of hydrogen-bond acceptors (Lipinski definition) is 6. The summed E-state index contributed by atoms with van der Waals surface area (Å²) in [4.78, 5) is 10.8. The molecule has 1 aliphatic rings. The van der Waals surface area contributed by atoms with E-state index in [0.717, 1.165) is 56.9 Å². The van der Waals surface area contributed by atoms with Crippen molar-refractivity contribution >= 4 is 16.9 Å². The van der Waals surface area contributed by atoms with Crippen LogP contribution in [0.3, 0.4) is 0 Å². The maximum atomic E-state index is 13.5. The van der Waals surface area contributed by atoms with Gasteiger partial charge in [-0.05, 0) is 12.1 Å². The van der Waals surface area contributed by atoms with Crippen molar-refractivity contribution in [1.82, 2.24) is 24.6 Å². The summed E-state index contributed by atoms with van der Waals surface area (Å²) in [6.45, 7) is 4.98. The van der Waals surface area contributed by atoms with E-state index in [4.69, 9.17) is 4.74 Å². The van der Waals surface area contributed by atoms with E-state index in [1.54, 1.807) is 6.20 Å². The van der Waals surface area contributed by atoms with Gasteiger partial charge in [-0.2, -0.15) is 5.10 Å². The molecule has 9 heteroatoms. The fraction of sp³-hybridized carbons (Fsp3) is 0.353. The molecular formula is C17H18F2N6O. The molecule has 1 aliphatic heterocycles. The molecule has 1 N–H and O–H groups in total. The van der Waals surface area contributed by atoms with Crippen molar-refractivity contribution in [1.29, 1.82) is 0 Å². The lowest BCUT2D eigenvalue weighted by atomic mass is 10.3. The van der Waals surface area contributed by atoms with Crippen molar-refractivity contribution in [2.24, 2.45) is 0 Å². The first-order chi connectivity index (χ1) is 12.7. The normalized spacial score (nSPS) is 15.5. The molecule has 3 heterocycles. The predicted octanol–water partition coefficient (Wildman–Crippen LogP) is 1.84. The van der Waals surface area contributed by atoms with Crippen LogP contribution in [0.5, 0.6) is 0 Å². The van der Waals surface area contributed by atoms with E-state index in [1.807, 2.05) is 0 Å². The van der Waals surface area contributed by atoms with Crippen LogP contribution in [0.4, 0.5) is 14.6 Å². The first kappa shape index (κ1) is 16.8. The van der Waals surface area contributed by atoms with Crippen LogP contribution < -0.4 is 5.32 Å². The molecule has 2 aromatic heterocycles. The fourth-order valence-corrected chi connectivity index (χ4v) is 2.95. The minimum atomic E-state index is -0.927. The molecule has 3 aromatic rings. The van der Waals surface area contributed by atoms with Crippen LogP contribution in [0.2, 0.25) is 0 Å². The van der Waals surface area contributed by atoms with Gasteiger partial charge in [-0.15, -0.1) is 0 Å². The maximum absolute atomic E-state index is 13.5. The lowest BCUT2D eigenvalue weighted by Gasteiger charge is -2.26. The van der Waals surface area contributed by atoms with E-state index in [-0.39, 0.29) is 0 Å². The standard InChI is InChI=1S/C17H18F2N6O/c18-14-2-1-12(9-15(14)19)25-17-13(10-23-25)16(21-11-22-17)20-3-4-24-5-7-26-8-6-24/h1-2,9-11H,3-8H2,(H,20,21,22). The molecule has 26 heavy (non-hydrogen) atoms. The van der Waals surface area contributed by atoms with Gasteiger partial charge >= 0.3 is 0 Å². The molecular weight excluding hydrogens is 342 g/mol. The second-order valence-electron chi connectivity index (χ2n) is 6.00. The van der Waals surface area contributed by atoms with Crippen LogP contribution in [-0.2, 0) is 4.74 Å². The summed E-state index contributed by atoms with van der Waals surface area (Å²) in [6.07, 6.45) is 3.05. The van der Waals surface area contributed by atoms with E-state index in [0.29, 0.717) is 17.2 Å². The number of nitrogens with one attached hydrogen (secondary N) is 1. The number of morpholine rings is 1. The quantitative estimate of drug-likeness (QED) is 0.749. The Kier molecular flexibility index (Phi) is 4.72. The number of rotatable bonds is 5. The van der Waals surface area contributed by atoms with Gasteiger partial charge in [0.05, 0.1) is 30.5 Å². The summed E-state index contributed by atoms with van der Waals surface area (Å²) >= 11 is 0. The van der Waals surface area contributed by atoms with Crippen LogP contribution in [0, 0.1) is 11.6 Å². The summed E-state index contributed by atoms with van der Waals surface area (Å²) in [5, 5.41) is 8.27. The van der Waals surface area contributed by atoms with E-state index in [9.17, 15) is 8.78 Å². The van der Waals surface area contributed by atoms with Crippen LogP contribution in [-0.4, -0.2) is 64.0 Å². The zero-order chi connectivity index (χ0) is 17.9. The number of anilines is 1. The third-order valence-electron chi connectivity index (χ3n) is 4.34. The fourth-order valence-electron chi connectivity index (χ4n) is 2.95. The summed E-state index contributed by atoms with van der Waals surface area (Å²) in [7, 11) is 0. The Morgan fingerprint density at radius 2 is 1.96 bits per heavy atom. The number of halogens is 2. The highest BCUT2D eigenvalue weighted by Gasteiger charge is 2.14. The number of benzene rings is 1. The van der Waals surface area contributed by atoms with Gasteiger partial charge in [0.2, 0.25) is 0 Å². The van der Waals surface area contributed by atoms with Crippen molar-refractivity contribution < 1.29 is 13.5 Å². The van der Waals surface area contributed by atoms with Gasteiger partial charge in [-0.3, -0.25) is 4.90 Å². The van der Waals surface area contributed by atoms with Gasteiger partial charge in [-0.1, -0.05) is 0 Å². The molecule has 0 atom stereocenters. The summed E-state index contributed by atoms with van der Waals surface area (Å²) < 4.78 is 33.5. The van der Waals surface area contributed by atoms with Gasteiger partial charge in [0.1, 0.15) is 12.1 Å². The Balaban J connectivity index is 1.53. The SMILES string of the molecule is Fc1ccc(-n2ncc3c(NCCN4CCOCC4)ncnc32)cc1F. The minimum Gasteiger partial charge on any atom is -0.379 e. The number of nitrogens with zero attached hydrogens (tertiary/aromatic N) is 5. The lowest BCUT2D eigenvalue weighted by molar-refractivity contribution is 0.0398. The molecule has 0 bridgehead atoms. The van der Waals surface area contributed by atoms with Gasteiger partial charge in [-0.25, -0.2) is 23.4 Å². The Hall–Kier alpha value is -2.65. The predicted molar refractivity (Wildman–Crippen MR) is 92.3 cm³/mol. The molecule has 1 saturated heterocycles. The average Bonchev–Trinajstić information content (AvgIpc) is 3.10. The summed E-state index contributed by atoms with van der Waals surface area (Å²) in [6, 6.07) is 3.62. The van der Waals surface area contributed by atoms with E-state index >= 15 is 0 Å². The van der Waals surface area contributed by atoms with Gasteiger partial charge in [0.25, 0.3) is 0 Å².